The van der Waals surface area contributed by atoms with Crippen LogP contribution in [0.25, 0.3) is 0 Å². The van der Waals surface area contributed by atoms with Crippen molar-refractivity contribution in [1.29, 1.82) is 0 Å². The van der Waals surface area contributed by atoms with E-state index in [-0.39, 0.29) is 36.2 Å². The van der Waals surface area contributed by atoms with Gasteiger partial charge in [0.2, 0.25) is 23.6 Å². The van der Waals surface area contributed by atoms with Gasteiger partial charge in [0.05, 0.1) is 45.2 Å². The summed E-state index contributed by atoms with van der Waals surface area (Å²) in [5.41, 5.74) is 2.22. The lowest BCUT2D eigenvalue weighted by Gasteiger charge is -2.50. The van der Waals surface area contributed by atoms with Gasteiger partial charge in [0.25, 0.3) is 0 Å². The largest absolute Gasteiger partial charge is 0.504 e. The van der Waals surface area contributed by atoms with Crippen LogP contribution in [0.4, 0.5) is 11.4 Å². The zero-order valence-electron chi connectivity index (χ0n) is 27.5. The number of phenols is 1. The maximum Gasteiger partial charge on any atom is 0.246 e. The van der Waals surface area contributed by atoms with E-state index in [1.807, 2.05) is 72.0 Å². The van der Waals surface area contributed by atoms with Crippen molar-refractivity contribution in [3.63, 3.8) is 0 Å². The van der Waals surface area contributed by atoms with Crippen LogP contribution < -0.4 is 14.5 Å². The van der Waals surface area contributed by atoms with Crippen molar-refractivity contribution >= 4 is 80.8 Å². The van der Waals surface area contributed by atoms with Crippen LogP contribution >= 0.6 is 45.8 Å². The van der Waals surface area contributed by atoms with Gasteiger partial charge >= 0.3 is 0 Å². The molecule has 51 heavy (non-hydrogen) atoms. The van der Waals surface area contributed by atoms with Crippen LogP contribution in [0.2, 0.25) is 10.0 Å². The number of aromatic hydroxyl groups is 1. The van der Waals surface area contributed by atoms with E-state index < -0.39 is 46.8 Å². The molecular weight excluding hydrogens is 802 g/mol. The van der Waals surface area contributed by atoms with Crippen molar-refractivity contribution in [2.24, 2.45) is 23.7 Å². The molecule has 8 rings (SSSR count). The van der Waals surface area contributed by atoms with E-state index in [1.54, 1.807) is 48.5 Å². The van der Waals surface area contributed by atoms with Gasteiger partial charge in [0.15, 0.2) is 11.5 Å². The van der Waals surface area contributed by atoms with Crippen molar-refractivity contribution in [2.45, 2.75) is 31.1 Å². The zero-order valence-corrected chi connectivity index (χ0v) is 31.1. The Morgan fingerprint density at radius 2 is 1.59 bits per heavy atom. The summed E-state index contributed by atoms with van der Waals surface area (Å²) in [5.74, 6) is -4.97. The molecule has 0 aromatic heterocycles. The molecule has 1 saturated carbocycles. The summed E-state index contributed by atoms with van der Waals surface area (Å²) < 4.78 is 6.11. The SMILES string of the molecule is COc1cc([C@H]2C3=CC[C@@H]4C(=O)N(c5ccc(C)c(Cl)c5)C(=O)[C@@H]4[C@@H]3C[C@H]3C(=O)N(c4cccc(Cl)c4)C(=O)[C@@]23c2ccccc2)cc(I)c1O. The second kappa shape index (κ2) is 12.5. The quantitative estimate of drug-likeness (QED) is 0.124. The Labute approximate surface area is 318 Å². The average Bonchev–Trinajstić information content (AvgIpc) is 3.51. The molecule has 2 aliphatic heterocycles. The minimum atomic E-state index is -1.45. The normalized spacial score (nSPS) is 26.9. The third kappa shape index (κ3) is 4.91. The molecule has 11 heteroatoms. The van der Waals surface area contributed by atoms with Gasteiger partial charge in [-0.1, -0.05) is 77.3 Å². The Morgan fingerprint density at radius 1 is 0.843 bits per heavy atom. The number of carbonyl (C=O) groups excluding carboxylic acids is 4. The standard InChI is InChI=1S/C40H31Cl2IN2O6/c1-20-11-12-25(18-30(20)42)44-36(47)27-14-13-26-28(33(27)38(44)49)19-29-37(48)45(24-10-6-9-23(41)17-24)39(50)40(29,22-7-4-3-5-8-22)34(26)21-15-31(43)35(46)32(16-21)51-2/h3-13,15-18,27-29,33-34,46H,14,19H2,1-2H3/t27-,28+,29-,33-,34-,40+/m0/s1. The Kier molecular flexibility index (Phi) is 8.31. The van der Waals surface area contributed by atoms with E-state index in [2.05, 4.69) is 0 Å². The molecule has 258 valence electrons. The van der Waals surface area contributed by atoms with Crippen LogP contribution in [-0.2, 0) is 24.6 Å². The van der Waals surface area contributed by atoms with Crippen molar-refractivity contribution in [1.82, 2.24) is 0 Å². The van der Waals surface area contributed by atoms with Gasteiger partial charge in [0, 0.05) is 16.0 Å². The lowest BCUT2D eigenvalue weighted by atomic mass is 9.49. The number of aryl methyl sites for hydroxylation is 1. The highest BCUT2D eigenvalue weighted by Gasteiger charge is 2.70. The van der Waals surface area contributed by atoms with Crippen molar-refractivity contribution < 1.29 is 29.0 Å². The van der Waals surface area contributed by atoms with Gasteiger partial charge in [-0.05, 0) is 107 Å². The number of carbonyl (C=O) groups is 4. The van der Waals surface area contributed by atoms with E-state index in [0.717, 1.165) is 11.1 Å². The highest BCUT2D eigenvalue weighted by molar-refractivity contribution is 14.1. The maximum absolute atomic E-state index is 15.4. The minimum Gasteiger partial charge on any atom is -0.504 e. The molecule has 8 nitrogen and oxygen atoms in total. The number of nitrogens with zero attached hydrogens (tertiary/aromatic N) is 2. The lowest BCUT2D eigenvalue weighted by molar-refractivity contribution is -0.127. The number of ether oxygens (including phenoxy) is 1. The molecular formula is C40H31Cl2IN2O6. The summed E-state index contributed by atoms with van der Waals surface area (Å²) in [6, 6.07) is 24.6. The van der Waals surface area contributed by atoms with E-state index in [9.17, 15) is 19.5 Å². The topological polar surface area (TPSA) is 104 Å². The highest BCUT2D eigenvalue weighted by Crippen LogP contribution is 2.65. The molecule has 2 heterocycles. The molecule has 3 fully saturated rings. The monoisotopic (exact) mass is 832 g/mol. The predicted octanol–water partition coefficient (Wildman–Crippen LogP) is 7.99. The van der Waals surface area contributed by atoms with Gasteiger partial charge in [-0.3, -0.25) is 19.2 Å². The molecule has 0 unspecified atom stereocenters. The first-order valence-corrected chi connectivity index (χ1v) is 18.4. The Bertz CT molecular complexity index is 2210. The Morgan fingerprint density at radius 3 is 2.29 bits per heavy atom. The third-order valence-corrected chi connectivity index (χ3v) is 12.6. The van der Waals surface area contributed by atoms with Gasteiger partial charge < -0.3 is 9.84 Å². The number of imide groups is 2. The molecule has 0 spiro atoms. The summed E-state index contributed by atoms with van der Waals surface area (Å²) in [6.07, 6.45) is 2.43. The molecule has 2 saturated heterocycles. The van der Waals surface area contributed by atoms with Crippen LogP contribution in [-0.4, -0.2) is 35.8 Å². The van der Waals surface area contributed by atoms with Gasteiger partial charge in [-0.2, -0.15) is 0 Å². The summed E-state index contributed by atoms with van der Waals surface area (Å²) in [5, 5.41) is 11.7. The van der Waals surface area contributed by atoms with Crippen molar-refractivity contribution in [2.75, 3.05) is 16.9 Å². The minimum absolute atomic E-state index is 0.0458. The van der Waals surface area contributed by atoms with E-state index in [4.69, 9.17) is 27.9 Å². The number of amides is 4. The molecule has 0 radical (unpaired) electrons. The Hall–Kier alpha value is -4.19. The van der Waals surface area contributed by atoms with Gasteiger partial charge in [0.1, 0.15) is 0 Å². The number of benzene rings is 4. The summed E-state index contributed by atoms with van der Waals surface area (Å²) in [6.45, 7) is 1.85. The number of allylic oxidation sites excluding steroid dienone is 2. The van der Waals surface area contributed by atoms with Crippen LogP contribution in [0.1, 0.15) is 35.4 Å². The van der Waals surface area contributed by atoms with E-state index in [1.165, 1.54) is 16.9 Å². The molecule has 4 aliphatic rings. The van der Waals surface area contributed by atoms with Gasteiger partial charge in [-0.15, -0.1) is 0 Å². The number of fused-ring (bicyclic) bond motifs is 4. The molecule has 4 amide bonds. The van der Waals surface area contributed by atoms with Crippen LogP contribution in [0.5, 0.6) is 11.5 Å². The molecule has 1 N–H and O–H groups in total. The van der Waals surface area contributed by atoms with Gasteiger partial charge in [-0.25, -0.2) is 9.80 Å². The fraction of sp³-hybridized carbons (Fsp3) is 0.250. The third-order valence-electron chi connectivity index (χ3n) is 11.2. The van der Waals surface area contributed by atoms with E-state index >= 15 is 4.79 Å². The fourth-order valence-corrected chi connectivity index (χ4v) is 9.99. The smallest absolute Gasteiger partial charge is 0.246 e. The Balaban J connectivity index is 1.37. The molecule has 4 aromatic carbocycles. The number of rotatable bonds is 5. The predicted molar refractivity (Wildman–Crippen MR) is 202 cm³/mol. The summed E-state index contributed by atoms with van der Waals surface area (Å²) in [7, 11) is 1.46. The first-order valence-electron chi connectivity index (χ1n) is 16.6. The fourth-order valence-electron chi connectivity index (χ4n) is 9.01. The van der Waals surface area contributed by atoms with Crippen LogP contribution in [0.15, 0.2) is 96.6 Å². The number of phenolic OH excluding ortho intramolecular Hbond substituents is 1. The van der Waals surface area contributed by atoms with Crippen LogP contribution in [0, 0.1) is 34.2 Å². The molecule has 6 atom stereocenters. The molecule has 0 bridgehead atoms. The first-order chi connectivity index (χ1) is 24.5. The van der Waals surface area contributed by atoms with E-state index in [0.29, 0.717) is 36.1 Å². The summed E-state index contributed by atoms with van der Waals surface area (Å²) >= 11 is 14.9. The zero-order chi connectivity index (χ0) is 35.9. The molecule has 2 aliphatic carbocycles. The van der Waals surface area contributed by atoms with Crippen molar-refractivity contribution in [3.05, 3.63) is 127 Å². The number of hydrogen-bond donors (Lipinski definition) is 1. The number of hydrogen-bond acceptors (Lipinski definition) is 6. The second-order valence-corrected chi connectivity index (χ2v) is 15.6. The summed E-state index contributed by atoms with van der Waals surface area (Å²) in [4.78, 5) is 61.4. The maximum atomic E-state index is 15.4. The highest BCUT2D eigenvalue weighted by atomic mass is 127. The van der Waals surface area contributed by atoms with Crippen molar-refractivity contribution in [3.8, 4) is 11.5 Å². The van der Waals surface area contributed by atoms with Crippen LogP contribution in [0.3, 0.4) is 0 Å². The first kappa shape index (κ1) is 33.9. The number of methoxy groups -OCH3 is 1. The average molecular weight is 834 g/mol. The number of anilines is 2. The number of halogens is 3. The lowest BCUT2D eigenvalue weighted by Crippen LogP contribution is -2.53. The second-order valence-electron chi connectivity index (χ2n) is 13.6. The molecule has 4 aromatic rings.